The summed E-state index contributed by atoms with van der Waals surface area (Å²) < 4.78 is 26.9. The van der Waals surface area contributed by atoms with E-state index in [1.165, 1.54) is 9.71 Å². The highest BCUT2D eigenvalue weighted by Crippen LogP contribution is 2.27. The molecule has 1 heterocycles. The summed E-state index contributed by atoms with van der Waals surface area (Å²) in [6.45, 7) is 5.05. The van der Waals surface area contributed by atoms with Crippen LogP contribution in [0.2, 0.25) is 10.0 Å². The Kier molecular flexibility index (Phi) is 8.39. The molecule has 1 aliphatic rings. The molecule has 0 N–H and O–H groups in total. The topological polar surface area (TPSA) is 57.7 Å². The smallest absolute Gasteiger partial charge is 0.236 e. The van der Waals surface area contributed by atoms with Crippen molar-refractivity contribution in [3.63, 3.8) is 0 Å². The minimum atomic E-state index is -3.52. The van der Waals surface area contributed by atoms with Gasteiger partial charge in [-0.05, 0) is 56.0 Å². The van der Waals surface area contributed by atoms with E-state index in [-0.39, 0.29) is 17.9 Å². The average molecular weight is 495 g/mol. The molecule has 2 aromatic carbocycles. The zero-order chi connectivity index (χ0) is 23.3. The van der Waals surface area contributed by atoms with Crippen LogP contribution >= 0.6 is 23.2 Å². The molecule has 3 rings (SSSR count). The van der Waals surface area contributed by atoms with Gasteiger partial charge in [0.05, 0.1) is 10.0 Å². The number of carbonyl (C=O) groups excluding carboxylic acids is 1. The molecule has 0 radical (unpaired) electrons. The first-order chi connectivity index (χ1) is 15.2. The van der Waals surface area contributed by atoms with Gasteiger partial charge in [0.2, 0.25) is 15.9 Å². The third kappa shape index (κ3) is 6.35. The van der Waals surface area contributed by atoms with Crippen LogP contribution in [-0.2, 0) is 21.4 Å². The summed E-state index contributed by atoms with van der Waals surface area (Å²) in [5.74, 6) is -0.160. The van der Waals surface area contributed by atoms with Gasteiger partial charge in [0.1, 0.15) is 0 Å². The lowest BCUT2D eigenvalue weighted by Crippen LogP contribution is -2.45. The number of hydrogen-bond acceptors (Lipinski definition) is 3. The van der Waals surface area contributed by atoms with Crippen LogP contribution in [0.3, 0.4) is 0 Å². The van der Waals surface area contributed by atoms with E-state index in [9.17, 15) is 13.2 Å². The van der Waals surface area contributed by atoms with Crippen LogP contribution in [0.1, 0.15) is 37.8 Å². The van der Waals surface area contributed by atoms with Gasteiger partial charge in [-0.2, -0.15) is 4.31 Å². The molecule has 0 aromatic heterocycles. The highest BCUT2D eigenvalue weighted by Gasteiger charge is 2.33. The highest BCUT2D eigenvalue weighted by molar-refractivity contribution is 7.92. The van der Waals surface area contributed by atoms with Crippen molar-refractivity contribution in [3.05, 3.63) is 75.1 Å². The largest absolute Gasteiger partial charge is 0.336 e. The standard InChI is InChI=1S/C24H28Cl2N2O3S/c1-18(2)28(17-20-8-9-22(25)23(26)16-20)24(29)21-10-13-27(14-11-21)32(30,31)15-12-19-6-4-3-5-7-19/h3-9,12,15-16,18,21H,10-11,13-14,17H2,1-2H3/b15-12+. The van der Waals surface area contributed by atoms with E-state index in [0.29, 0.717) is 42.5 Å². The lowest BCUT2D eigenvalue weighted by molar-refractivity contribution is -0.139. The Hall–Kier alpha value is -1.86. The van der Waals surface area contributed by atoms with Crippen molar-refractivity contribution in [1.29, 1.82) is 0 Å². The predicted molar refractivity (Wildman–Crippen MR) is 131 cm³/mol. The van der Waals surface area contributed by atoms with Gasteiger partial charge in [-0.15, -0.1) is 0 Å². The number of rotatable bonds is 7. The fraction of sp³-hybridized carbons (Fsp3) is 0.375. The van der Waals surface area contributed by atoms with Crippen molar-refractivity contribution in [2.45, 2.75) is 39.3 Å². The molecule has 172 valence electrons. The lowest BCUT2D eigenvalue weighted by Gasteiger charge is -2.35. The Morgan fingerprint density at radius 1 is 1.09 bits per heavy atom. The van der Waals surface area contributed by atoms with E-state index in [4.69, 9.17) is 23.2 Å². The first kappa shape index (κ1) is 24.8. The molecule has 1 aliphatic heterocycles. The minimum Gasteiger partial charge on any atom is -0.336 e. The van der Waals surface area contributed by atoms with Gasteiger partial charge in [-0.25, -0.2) is 8.42 Å². The average Bonchev–Trinajstić information content (AvgIpc) is 2.78. The molecule has 8 heteroatoms. The molecule has 0 atom stereocenters. The quantitative estimate of drug-likeness (QED) is 0.514. The first-order valence-electron chi connectivity index (χ1n) is 10.6. The van der Waals surface area contributed by atoms with E-state index in [1.807, 2.05) is 55.1 Å². The summed E-state index contributed by atoms with van der Waals surface area (Å²) in [5.41, 5.74) is 1.74. The van der Waals surface area contributed by atoms with Crippen LogP contribution < -0.4 is 0 Å². The Labute approximate surface area is 200 Å². The van der Waals surface area contributed by atoms with Gasteiger partial charge in [-0.1, -0.05) is 59.6 Å². The first-order valence-corrected chi connectivity index (χ1v) is 12.9. The molecule has 0 spiro atoms. The number of piperidine rings is 1. The third-order valence-corrected chi connectivity index (χ3v) is 7.94. The lowest BCUT2D eigenvalue weighted by atomic mass is 9.95. The number of amides is 1. The normalized spacial score (nSPS) is 16.0. The number of halogens is 2. The third-order valence-electron chi connectivity index (χ3n) is 5.64. The van der Waals surface area contributed by atoms with Crippen LogP contribution in [0.25, 0.3) is 6.08 Å². The monoisotopic (exact) mass is 494 g/mol. The summed E-state index contributed by atoms with van der Waals surface area (Å²) in [7, 11) is -3.52. The molecule has 0 saturated carbocycles. The Morgan fingerprint density at radius 3 is 2.34 bits per heavy atom. The second kappa shape index (κ2) is 10.8. The fourth-order valence-corrected chi connectivity index (χ4v) is 5.30. The van der Waals surface area contributed by atoms with Crippen LogP contribution in [0.5, 0.6) is 0 Å². The molecule has 1 saturated heterocycles. The number of hydrogen-bond donors (Lipinski definition) is 0. The van der Waals surface area contributed by atoms with Crippen molar-refractivity contribution in [3.8, 4) is 0 Å². The molecular weight excluding hydrogens is 467 g/mol. The van der Waals surface area contributed by atoms with Gasteiger partial charge in [0, 0.05) is 37.0 Å². The Balaban J connectivity index is 1.62. The van der Waals surface area contributed by atoms with Crippen molar-refractivity contribution < 1.29 is 13.2 Å². The van der Waals surface area contributed by atoms with Crippen LogP contribution in [-0.4, -0.2) is 42.7 Å². The predicted octanol–water partition coefficient (Wildman–Crippen LogP) is 5.44. The number of nitrogens with zero attached hydrogens (tertiary/aromatic N) is 2. The molecule has 1 fully saturated rings. The number of benzene rings is 2. The van der Waals surface area contributed by atoms with Crippen molar-refractivity contribution >= 4 is 45.2 Å². The summed E-state index contributed by atoms with van der Waals surface area (Å²) in [6.07, 6.45) is 2.61. The van der Waals surface area contributed by atoms with Crippen LogP contribution in [0, 0.1) is 5.92 Å². The number of carbonyl (C=O) groups is 1. The summed E-state index contributed by atoms with van der Waals surface area (Å²) in [4.78, 5) is 15.1. The zero-order valence-corrected chi connectivity index (χ0v) is 20.6. The second-order valence-corrected chi connectivity index (χ2v) is 10.9. The molecule has 1 amide bonds. The second-order valence-electron chi connectivity index (χ2n) is 8.24. The molecule has 5 nitrogen and oxygen atoms in total. The Morgan fingerprint density at radius 2 is 1.75 bits per heavy atom. The molecular formula is C24H28Cl2N2O3S. The Bertz CT molecular complexity index is 1060. The van der Waals surface area contributed by atoms with Crippen molar-refractivity contribution in [2.75, 3.05) is 13.1 Å². The van der Waals surface area contributed by atoms with E-state index in [0.717, 1.165) is 11.1 Å². The van der Waals surface area contributed by atoms with E-state index in [1.54, 1.807) is 18.2 Å². The highest BCUT2D eigenvalue weighted by atomic mass is 35.5. The molecule has 0 bridgehead atoms. The minimum absolute atomic E-state index is 0.00696. The van der Waals surface area contributed by atoms with Crippen molar-refractivity contribution in [2.24, 2.45) is 5.92 Å². The SMILES string of the molecule is CC(C)N(Cc1ccc(Cl)c(Cl)c1)C(=O)C1CCN(S(=O)(=O)/C=C/c2ccccc2)CC1. The maximum absolute atomic E-state index is 13.2. The van der Waals surface area contributed by atoms with E-state index >= 15 is 0 Å². The summed E-state index contributed by atoms with van der Waals surface area (Å²) in [6, 6.07) is 14.7. The van der Waals surface area contributed by atoms with Gasteiger partial charge < -0.3 is 4.90 Å². The molecule has 32 heavy (non-hydrogen) atoms. The van der Waals surface area contributed by atoms with E-state index < -0.39 is 10.0 Å². The number of sulfonamides is 1. The molecule has 2 aromatic rings. The van der Waals surface area contributed by atoms with E-state index in [2.05, 4.69) is 0 Å². The van der Waals surface area contributed by atoms with Gasteiger partial charge in [-0.3, -0.25) is 4.79 Å². The van der Waals surface area contributed by atoms with Crippen molar-refractivity contribution in [1.82, 2.24) is 9.21 Å². The van der Waals surface area contributed by atoms with Crippen LogP contribution in [0.15, 0.2) is 53.9 Å². The van der Waals surface area contributed by atoms with Gasteiger partial charge in [0.25, 0.3) is 0 Å². The van der Waals surface area contributed by atoms with Gasteiger partial charge in [0.15, 0.2) is 0 Å². The fourth-order valence-electron chi connectivity index (χ4n) is 3.76. The molecule has 0 unspecified atom stereocenters. The molecule has 0 aliphatic carbocycles. The van der Waals surface area contributed by atoms with Gasteiger partial charge >= 0.3 is 0 Å². The maximum Gasteiger partial charge on any atom is 0.236 e. The maximum atomic E-state index is 13.2. The van der Waals surface area contributed by atoms with Crippen LogP contribution in [0.4, 0.5) is 0 Å². The summed E-state index contributed by atoms with van der Waals surface area (Å²) >= 11 is 12.1. The summed E-state index contributed by atoms with van der Waals surface area (Å²) in [5, 5.41) is 2.19. The zero-order valence-electron chi connectivity index (χ0n) is 18.2.